The van der Waals surface area contributed by atoms with Gasteiger partial charge in [-0.15, -0.1) is 0 Å². The van der Waals surface area contributed by atoms with Crippen LogP contribution in [0.3, 0.4) is 0 Å². The van der Waals surface area contributed by atoms with Gasteiger partial charge in [-0.1, -0.05) is 19.9 Å². The molecule has 0 aliphatic carbocycles. The van der Waals surface area contributed by atoms with Gasteiger partial charge in [0.2, 0.25) is 10.0 Å². The Morgan fingerprint density at radius 2 is 1.88 bits per heavy atom. The molecule has 0 rings (SSSR count). The van der Waals surface area contributed by atoms with Gasteiger partial charge >= 0.3 is 5.97 Å². The summed E-state index contributed by atoms with van der Waals surface area (Å²) in [7, 11) is -3.19. The van der Waals surface area contributed by atoms with Gasteiger partial charge in [-0.2, -0.15) is 0 Å². The number of sulfonamides is 1. The van der Waals surface area contributed by atoms with Crippen molar-refractivity contribution in [1.29, 1.82) is 0 Å². The first-order chi connectivity index (χ1) is 7.24. The van der Waals surface area contributed by atoms with E-state index in [0.717, 1.165) is 6.42 Å². The Morgan fingerprint density at radius 1 is 1.38 bits per heavy atom. The lowest BCUT2D eigenvalue weighted by Gasteiger charge is -1.96. The highest BCUT2D eigenvalue weighted by Gasteiger charge is 1.98. The monoisotopic (exact) mass is 251 g/mol. The number of rotatable bonds is 5. The Labute approximate surface area is 97.7 Å². The minimum absolute atomic E-state index is 0.115. The molecule has 0 aliphatic heterocycles. The fourth-order valence-corrected chi connectivity index (χ4v) is 1.29. The summed E-state index contributed by atoms with van der Waals surface area (Å²) in [6.07, 6.45) is 1.54. The first-order valence-corrected chi connectivity index (χ1v) is 6.79. The second-order valence-corrected chi connectivity index (χ2v) is 4.96. The van der Waals surface area contributed by atoms with Crippen LogP contribution in [0.5, 0.6) is 0 Å². The summed E-state index contributed by atoms with van der Waals surface area (Å²) < 4.78 is 24.9. The van der Waals surface area contributed by atoms with Crippen molar-refractivity contribution in [3.05, 3.63) is 12.2 Å². The quantitative estimate of drug-likeness (QED) is 0.587. The smallest absolute Gasteiger partial charge is 0.333 e. The molecule has 6 heteroatoms. The molecule has 0 spiro atoms. The molecule has 2 N–H and O–H groups in total. The maximum atomic E-state index is 10.4. The highest BCUT2D eigenvalue weighted by molar-refractivity contribution is 7.89. The molecule has 0 aliphatic rings. The summed E-state index contributed by atoms with van der Waals surface area (Å²) >= 11 is 0. The van der Waals surface area contributed by atoms with Crippen molar-refractivity contribution >= 4 is 16.0 Å². The molecular formula is C10H21NO4S. The van der Waals surface area contributed by atoms with Gasteiger partial charge in [0.15, 0.2) is 0 Å². The summed E-state index contributed by atoms with van der Waals surface area (Å²) in [5.41, 5.74) is 0.451. The molecule has 0 aromatic rings. The second-order valence-electron chi connectivity index (χ2n) is 3.22. The van der Waals surface area contributed by atoms with E-state index >= 15 is 0 Å². The van der Waals surface area contributed by atoms with Crippen LogP contribution in [0.15, 0.2) is 12.2 Å². The molecule has 96 valence electrons. The van der Waals surface area contributed by atoms with Gasteiger partial charge in [0.25, 0.3) is 0 Å². The predicted molar refractivity (Wildman–Crippen MR) is 64.3 cm³/mol. The third-order valence-corrected chi connectivity index (χ3v) is 2.26. The molecule has 0 aromatic heterocycles. The molecule has 5 nitrogen and oxygen atoms in total. The SMILES string of the molecule is C=C(C)C(=O)OCC.CCCCS(N)(=O)=O. The maximum absolute atomic E-state index is 10.4. The molecule has 0 unspecified atom stereocenters. The van der Waals surface area contributed by atoms with Crippen molar-refractivity contribution in [2.24, 2.45) is 5.14 Å². The van der Waals surface area contributed by atoms with Crippen LogP contribution >= 0.6 is 0 Å². The van der Waals surface area contributed by atoms with Gasteiger partial charge in [0, 0.05) is 5.57 Å². The normalized spacial score (nSPS) is 10.0. The summed E-state index contributed by atoms with van der Waals surface area (Å²) in [4.78, 5) is 10.4. The Kier molecular flexibility index (Phi) is 10.2. The number of unbranched alkanes of at least 4 members (excludes halogenated alkanes) is 1. The van der Waals surface area contributed by atoms with Gasteiger partial charge in [0.1, 0.15) is 0 Å². The Balaban J connectivity index is 0. The van der Waals surface area contributed by atoms with Crippen LogP contribution in [0, 0.1) is 0 Å². The van der Waals surface area contributed by atoms with Gasteiger partial charge in [0.05, 0.1) is 12.4 Å². The highest BCUT2D eigenvalue weighted by Crippen LogP contribution is 1.89. The van der Waals surface area contributed by atoms with Gasteiger partial charge in [-0.25, -0.2) is 18.4 Å². The van der Waals surface area contributed by atoms with E-state index in [-0.39, 0.29) is 11.7 Å². The van der Waals surface area contributed by atoms with E-state index in [1.807, 2.05) is 6.92 Å². The van der Waals surface area contributed by atoms with Gasteiger partial charge in [-0.05, 0) is 20.3 Å². The third kappa shape index (κ3) is 15.6. The number of hydrogen-bond acceptors (Lipinski definition) is 4. The van der Waals surface area contributed by atoms with E-state index in [1.54, 1.807) is 13.8 Å². The standard InChI is InChI=1S/C6H10O2.C4H11NO2S/c1-4-8-6(7)5(2)3;1-2-3-4-8(5,6)7/h2,4H2,1,3H3;2-4H2,1H3,(H2,5,6,7). The van der Waals surface area contributed by atoms with Crippen LogP contribution in [-0.2, 0) is 19.6 Å². The van der Waals surface area contributed by atoms with E-state index in [4.69, 9.17) is 5.14 Å². The Morgan fingerprint density at radius 3 is 2.00 bits per heavy atom. The number of primary sulfonamides is 1. The first kappa shape index (κ1) is 17.5. The summed E-state index contributed by atoms with van der Waals surface area (Å²) in [6, 6.07) is 0. The number of ether oxygens (including phenoxy) is 1. The number of nitrogens with two attached hydrogens (primary N) is 1. The molecule has 0 amide bonds. The molecule has 0 heterocycles. The molecule has 0 fully saturated rings. The fraction of sp³-hybridized carbons (Fsp3) is 0.700. The van der Waals surface area contributed by atoms with Crippen LogP contribution in [0.4, 0.5) is 0 Å². The van der Waals surface area contributed by atoms with E-state index in [1.165, 1.54) is 0 Å². The second kappa shape index (κ2) is 9.35. The molecule has 0 atom stereocenters. The van der Waals surface area contributed by atoms with Crippen LogP contribution in [0.25, 0.3) is 0 Å². The average Bonchev–Trinajstić information content (AvgIpc) is 2.15. The van der Waals surface area contributed by atoms with Crippen LogP contribution in [0.2, 0.25) is 0 Å². The first-order valence-electron chi connectivity index (χ1n) is 5.07. The minimum Gasteiger partial charge on any atom is -0.463 e. The van der Waals surface area contributed by atoms with Crippen molar-refractivity contribution in [3.63, 3.8) is 0 Å². The Hall–Kier alpha value is -0.880. The highest BCUT2D eigenvalue weighted by atomic mass is 32.2. The van der Waals surface area contributed by atoms with Crippen molar-refractivity contribution in [2.75, 3.05) is 12.4 Å². The van der Waals surface area contributed by atoms with Crippen LogP contribution < -0.4 is 5.14 Å². The third-order valence-electron chi connectivity index (χ3n) is 1.41. The van der Waals surface area contributed by atoms with Gasteiger partial charge in [-0.3, -0.25) is 0 Å². The van der Waals surface area contributed by atoms with E-state index in [0.29, 0.717) is 18.6 Å². The minimum atomic E-state index is -3.19. The average molecular weight is 251 g/mol. The molecule has 0 radical (unpaired) electrons. The lowest BCUT2D eigenvalue weighted by atomic mass is 10.4. The van der Waals surface area contributed by atoms with E-state index in [2.05, 4.69) is 11.3 Å². The van der Waals surface area contributed by atoms with E-state index in [9.17, 15) is 13.2 Å². The molecule has 16 heavy (non-hydrogen) atoms. The zero-order valence-corrected chi connectivity index (χ0v) is 11.0. The summed E-state index contributed by atoms with van der Waals surface area (Å²) in [6.45, 7) is 9.13. The number of hydrogen-bond donors (Lipinski definition) is 1. The van der Waals surface area contributed by atoms with Crippen molar-refractivity contribution in [2.45, 2.75) is 33.6 Å². The molecule has 0 bridgehead atoms. The number of carbonyl (C=O) groups is 1. The van der Waals surface area contributed by atoms with E-state index < -0.39 is 10.0 Å². The topological polar surface area (TPSA) is 86.5 Å². The predicted octanol–water partition coefficient (Wildman–Crippen LogP) is 1.20. The summed E-state index contributed by atoms with van der Waals surface area (Å²) in [5, 5.41) is 4.69. The van der Waals surface area contributed by atoms with Crippen molar-refractivity contribution < 1.29 is 17.9 Å². The largest absolute Gasteiger partial charge is 0.463 e. The lowest BCUT2D eigenvalue weighted by Crippen LogP contribution is -2.15. The summed E-state index contributed by atoms with van der Waals surface area (Å²) in [5.74, 6) is -0.198. The fourth-order valence-electron chi connectivity index (χ4n) is 0.600. The molecule has 0 aromatic carbocycles. The Bertz CT molecular complexity index is 309. The maximum Gasteiger partial charge on any atom is 0.333 e. The molecule has 0 saturated heterocycles. The van der Waals surface area contributed by atoms with Gasteiger partial charge < -0.3 is 4.74 Å². The van der Waals surface area contributed by atoms with Crippen molar-refractivity contribution in [1.82, 2.24) is 0 Å². The number of esters is 1. The number of carbonyl (C=O) groups excluding carboxylic acids is 1. The zero-order chi connectivity index (χ0) is 13.2. The lowest BCUT2D eigenvalue weighted by molar-refractivity contribution is -0.138. The molecular weight excluding hydrogens is 230 g/mol. The van der Waals surface area contributed by atoms with Crippen LogP contribution in [-0.4, -0.2) is 26.7 Å². The van der Waals surface area contributed by atoms with Crippen LogP contribution in [0.1, 0.15) is 33.6 Å². The molecule has 0 saturated carbocycles. The zero-order valence-electron chi connectivity index (χ0n) is 10.2. The van der Waals surface area contributed by atoms with Crippen molar-refractivity contribution in [3.8, 4) is 0 Å².